The van der Waals surface area contributed by atoms with Gasteiger partial charge in [0.25, 0.3) is 0 Å². The lowest BCUT2D eigenvalue weighted by molar-refractivity contribution is 0.0152. The van der Waals surface area contributed by atoms with Crippen LogP contribution in [0.3, 0.4) is 0 Å². The molecular formula is C14H26N2O2. The van der Waals surface area contributed by atoms with Gasteiger partial charge in [0.1, 0.15) is 5.60 Å². The van der Waals surface area contributed by atoms with Crippen molar-refractivity contribution in [1.29, 1.82) is 0 Å². The van der Waals surface area contributed by atoms with Gasteiger partial charge >= 0.3 is 6.09 Å². The van der Waals surface area contributed by atoms with Gasteiger partial charge in [0.2, 0.25) is 0 Å². The summed E-state index contributed by atoms with van der Waals surface area (Å²) in [5, 5.41) is 0. The molecule has 1 heterocycles. The molecule has 0 saturated carbocycles. The van der Waals surface area contributed by atoms with E-state index in [4.69, 9.17) is 4.74 Å². The van der Waals surface area contributed by atoms with Gasteiger partial charge in [-0.3, -0.25) is 4.90 Å². The van der Waals surface area contributed by atoms with Crippen molar-refractivity contribution in [3.8, 4) is 0 Å². The highest BCUT2D eigenvalue weighted by atomic mass is 16.6. The zero-order valence-electron chi connectivity index (χ0n) is 12.3. The highest BCUT2D eigenvalue weighted by Gasteiger charge is 2.25. The van der Waals surface area contributed by atoms with E-state index in [9.17, 15) is 4.79 Å². The minimum Gasteiger partial charge on any atom is -0.444 e. The number of allylic oxidation sites excluding steroid dienone is 1. The summed E-state index contributed by atoms with van der Waals surface area (Å²) in [5.41, 5.74) is 0.969. The fourth-order valence-electron chi connectivity index (χ4n) is 1.86. The molecule has 0 aromatic carbocycles. The van der Waals surface area contributed by atoms with E-state index in [-0.39, 0.29) is 6.09 Å². The second-order valence-electron chi connectivity index (χ2n) is 5.88. The van der Waals surface area contributed by atoms with Crippen molar-refractivity contribution >= 4 is 6.09 Å². The van der Waals surface area contributed by atoms with Gasteiger partial charge in [0, 0.05) is 32.7 Å². The average Bonchev–Trinajstić information content (AvgIpc) is 2.27. The van der Waals surface area contributed by atoms with Crippen molar-refractivity contribution in [3.63, 3.8) is 0 Å². The number of nitrogens with zero attached hydrogens (tertiary/aromatic N) is 2. The molecule has 0 unspecified atom stereocenters. The minimum absolute atomic E-state index is 0.190. The lowest BCUT2D eigenvalue weighted by atomic mass is 10.2. The van der Waals surface area contributed by atoms with Crippen molar-refractivity contribution in [3.05, 3.63) is 11.6 Å². The second kappa shape index (κ2) is 6.23. The molecule has 0 bridgehead atoms. The van der Waals surface area contributed by atoms with E-state index in [1.807, 2.05) is 20.8 Å². The van der Waals surface area contributed by atoms with Gasteiger partial charge in [-0.25, -0.2) is 4.79 Å². The first kappa shape index (κ1) is 15.0. The first-order valence-electron chi connectivity index (χ1n) is 6.64. The van der Waals surface area contributed by atoms with E-state index >= 15 is 0 Å². The normalized spacial score (nSPS) is 18.9. The van der Waals surface area contributed by atoms with Crippen LogP contribution in [-0.2, 0) is 4.74 Å². The van der Waals surface area contributed by atoms with E-state index in [1.54, 1.807) is 4.90 Å². The quantitative estimate of drug-likeness (QED) is 0.710. The largest absolute Gasteiger partial charge is 0.444 e. The topological polar surface area (TPSA) is 32.8 Å². The molecule has 0 aromatic heterocycles. The summed E-state index contributed by atoms with van der Waals surface area (Å²) in [5.74, 6) is 0. The molecule has 1 saturated heterocycles. The predicted molar refractivity (Wildman–Crippen MR) is 73.7 cm³/mol. The molecule has 0 N–H and O–H groups in total. The molecule has 18 heavy (non-hydrogen) atoms. The van der Waals surface area contributed by atoms with Crippen molar-refractivity contribution in [2.45, 2.75) is 40.2 Å². The van der Waals surface area contributed by atoms with Gasteiger partial charge < -0.3 is 9.64 Å². The molecule has 0 spiro atoms. The van der Waals surface area contributed by atoms with Gasteiger partial charge in [-0.15, -0.1) is 0 Å². The number of carbonyl (C=O) groups excluding carboxylic acids is 1. The van der Waals surface area contributed by atoms with E-state index < -0.39 is 5.60 Å². The monoisotopic (exact) mass is 254 g/mol. The molecule has 1 amide bonds. The van der Waals surface area contributed by atoms with Crippen LogP contribution in [0.1, 0.15) is 34.6 Å². The van der Waals surface area contributed by atoms with Crippen LogP contribution in [0, 0.1) is 0 Å². The standard InChI is InChI=1S/C14H26N2O2/c1-6-12(2)11-15-7-9-16(10-8-15)13(17)18-14(3,4)5/h6H,7-11H2,1-5H3. The molecule has 1 aliphatic rings. The fraction of sp³-hybridized carbons (Fsp3) is 0.786. The number of hydrogen-bond donors (Lipinski definition) is 0. The smallest absolute Gasteiger partial charge is 0.410 e. The van der Waals surface area contributed by atoms with Crippen LogP contribution in [0.5, 0.6) is 0 Å². The Hall–Kier alpha value is -1.03. The molecule has 4 heteroatoms. The maximum absolute atomic E-state index is 11.9. The van der Waals surface area contributed by atoms with Crippen molar-refractivity contribution in [2.75, 3.05) is 32.7 Å². The van der Waals surface area contributed by atoms with E-state index in [2.05, 4.69) is 24.8 Å². The molecule has 1 fully saturated rings. The van der Waals surface area contributed by atoms with Crippen molar-refractivity contribution in [1.82, 2.24) is 9.80 Å². The third kappa shape index (κ3) is 5.08. The van der Waals surface area contributed by atoms with Gasteiger partial charge in [-0.2, -0.15) is 0 Å². The summed E-state index contributed by atoms with van der Waals surface area (Å²) < 4.78 is 5.37. The molecule has 1 aliphatic heterocycles. The maximum atomic E-state index is 11.9. The highest BCUT2D eigenvalue weighted by molar-refractivity contribution is 5.68. The third-order valence-corrected chi connectivity index (χ3v) is 2.99. The second-order valence-corrected chi connectivity index (χ2v) is 5.88. The first-order valence-corrected chi connectivity index (χ1v) is 6.64. The molecule has 1 rings (SSSR count). The van der Waals surface area contributed by atoms with Gasteiger partial charge in [0.05, 0.1) is 0 Å². The minimum atomic E-state index is -0.407. The Balaban J connectivity index is 2.37. The Kier molecular flexibility index (Phi) is 5.20. The number of amides is 1. The molecule has 104 valence electrons. The van der Waals surface area contributed by atoms with Crippen LogP contribution >= 0.6 is 0 Å². The average molecular weight is 254 g/mol. The number of ether oxygens (including phenoxy) is 1. The van der Waals surface area contributed by atoms with Gasteiger partial charge in [-0.05, 0) is 34.6 Å². The Labute approximate surface area is 111 Å². The summed E-state index contributed by atoms with van der Waals surface area (Å²) in [6.07, 6.45) is 1.95. The van der Waals surface area contributed by atoms with Crippen LogP contribution < -0.4 is 0 Å². The molecular weight excluding hydrogens is 228 g/mol. The molecule has 0 atom stereocenters. The molecule has 0 aromatic rings. The van der Waals surface area contributed by atoms with Crippen molar-refractivity contribution < 1.29 is 9.53 Å². The van der Waals surface area contributed by atoms with E-state index in [0.717, 1.165) is 32.7 Å². The summed E-state index contributed by atoms with van der Waals surface area (Å²) in [6.45, 7) is 14.3. The molecule has 0 radical (unpaired) electrons. The van der Waals surface area contributed by atoms with Crippen LogP contribution in [0.2, 0.25) is 0 Å². The Morgan fingerprint density at radius 1 is 1.22 bits per heavy atom. The van der Waals surface area contributed by atoms with Gasteiger partial charge in [-0.1, -0.05) is 11.6 Å². The van der Waals surface area contributed by atoms with Crippen LogP contribution in [0.4, 0.5) is 4.79 Å². The van der Waals surface area contributed by atoms with Crippen LogP contribution in [-0.4, -0.2) is 54.2 Å². The molecule has 0 aliphatic carbocycles. The summed E-state index contributed by atoms with van der Waals surface area (Å²) in [6, 6.07) is 0. The molecule has 4 nitrogen and oxygen atoms in total. The zero-order valence-corrected chi connectivity index (χ0v) is 12.3. The summed E-state index contributed by atoms with van der Waals surface area (Å²) >= 11 is 0. The lowest BCUT2D eigenvalue weighted by Gasteiger charge is -2.35. The first-order chi connectivity index (χ1) is 8.31. The lowest BCUT2D eigenvalue weighted by Crippen LogP contribution is -2.50. The van der Waals surface area contributed by atoms with Crippen LogP contribution in [0.15, 0.2) is 11.6 Å². The Morgan fingerprint density at radius 2 is 1.78 bits per heavy atom. The number of hydrogen-bond acceptors (Lipinski definition) is 3. The van der Waals surface area contributed by atoms with E-state index in [1.165, 1.54) is 5.57 Å². The Bertz CT molecular complexity index is 310. The van der Waals surface area contributed by atoms with Gasteiger partial charge in [0.15, 0.2) is 0 Å². The number of carbonyl (C=O) groups is 1. The van der Waals surface area contributed by atoms with Crippen molar-refractivity contribution in [2.24, 2.45) is 0 Å². The SMILES string of the molecule is CC=C(C)CN1CCN(C(=O)OC(C)(C)C)CC1. The van der Waals surface area contributed by atoms with E-state index in [0.29, 0.717) is 0 Å². The third-order valence-electron chi connectivity index (χ3n) is 2.99. The Morgan fingerprint density at radius 3 is 2.22 bits per heavy atom. The van der Waals surface area contributed by atoms with Crippen LogP contribution in [0.25, 0.3) is 0 Å². The highest BCUT2D eigenvalue weighted by Crippen LogP contribution is 2.12. The number of rotatable bonds is 2. The number of piperazine rings is 1. The summed E-state index contributed by atoms with van der Waals surface area (Å²) in [4.78, 5) is 16.0. The maximum Gasteiger partial charge on any atom is 0.410 e. The zero-order chi connectivity index (χ0) is 13.8. The fourth-order valence-corrected chi connectivity index (χ4v) is 1.86. The summed E-state index contributed by atoms with van der Waals surface area (Å²) in [7, 11) is 0. The predicted octanol–water partition coefficient (Wildman–Crippen LogP) is 2.51.